The number of piperidine rings is 1. The van der Waals surface area contributed by atoms with E-state index in [0.717, 1.165) is 32.5 Å². The summed E-state index contributed by atoms with van der Waals surface area (Å²) in [5.41, 5.74) is 2.36. The lowest BCUT2D eigenvalue weighted by molar-refractivity contribution is -0.301. The number of rotatable bonds is 11. The molecule has 0 bridgehead atoms. The van der Waals surface area contributed by atoms with Gasteiger partial charge in [0.2, 0.25) is 0 Å². The molecule has 0 aliphatic carbocycles. The van der Waals surface area contributed by atoms with Crippen molar-refractivity contribution in [1.82, 2.24) is 4.90 Å². The molecule has 0 N–H and O–H groups in total. The zero-order valence-electron chi connectivity index (χ0n) is 20.5. The molecule has 0 spiro atoms. The van der Waals surface area contributed by atoms with Gasteiger partial charge >= 0.3 is 5.97 Å². The number of carboxylic acids is 2. The molecule has 0 unspecified atom stereocenters. The summed E-state index contributed by atoms with van der Waals surface area (Å²) in [6.07, 6.45) is 3.40. The number of carboxylic acid groups (broad SMARTS) is 2. The fraction of sp³-hybridized carbons (Fsp3) is 0.393. The van der Waals surface area contributed by atoms with Crippen LogP contribution in [0, 0.1) is 5.92 Å². The Balaban J connectivity index is 0.000000493. The van der Waals surface area contributed by atoms with Crippen molar-refractivity contribution in [3.63, 3.8) is 0 Å². The van der Waals surface area contributed by atoms with E-state index >= 15 is 0 Å². The van der Waals surface area contributed by atoms with Gasteiger partial charge in [0.05, 0.1) is 25.2 Å². The first-order valence-corrected chi connectivity index (χ1v) is 12.1. The van der Waals surface area contributed by atoms with Crippen LogP contribution in [0.5, 0.6) is 0 Å². The Hall–Kier alpha value is -3.49. The molecule has 0 atom stereocenters. The predicted molar refractivity (Wildman–Crippen MR) is 130 cm³/mol. The highest BCUT2D eigenvalue weighted by Gasteiger charge is 2.22. The highest BCUT2D eigenvalue weighted by molar-refractivity contribution is 5.87. The van der Waals surface area contributed by atoms with Gasteiger partial charge in [-0.1, -0.05) is 60.7 Å². The number of hydrogen-bond acceptors (Lipinski definition) is 8. The molecule has 8 nitrogen and oxygen atoms in total. The zero-order chi connectivity index (χ0) is 26.2. The lowest BCUT2D eigenvalue weighted by atomic mass is 9.93. The average molecular weight is 496 g/mol. The van der Waals surface area contributed by atoms with Gasteiger partial charge in [0.15, 0.2) is 0 Å². The zero-order valence-corrected chi connectivity index (χ0v) is 20.5. The maximum atomic E-state index is 11.7. The normalized spacial score (nSPS) is 14.3. The number of nitrogens with zero attached hydrogens (tertiary/aromatic N) is 1. The van der Waals surface area contributed by atoms with E-state index < -0.39 is 11.9 Å². The Labute approximate surface area is 212 Å². The monoisotopic (exact) mass is 495 g/mol. The van der Waals surface area contributed by atoms with E-state index in [1.165, 1.54) is 11.1 Å². The quantitative estimate of drug-likeness (QED) is 0.340. The lowest BCUT2D eigenvalue weighted by Crippen LogP contribution is -2.36. The number of benzene rings is 2. The topological polar surface area (TPSA) is 119 Å². The van der Waals surface area contributed by atoms with E-state index in [9.17, 15) is 24.6 Å². The van der Waals surface area contributed by atoms with Gasteiger partial charge in [-0.25, -0.2) is 0 Å². The molecule has 0 saturated carbocycles. The summed E-state index contributed by atoms with van der Waals surface area (Å²) in [5, 5.41) is 18.8. The van der Waals surface area contributed by atoms with Crippen LogP contribution < -0.4 is 10.2 Å². The van der Waals surface area contributed by atoms with Crippen LogP contribution in [0.1, 0.15) is 43.4 Å². The maximum Gasteiger partial charge on any atom is 0.306 e. The summed E-state index contributed by atoms with van der Waals surface area (Å²) >= 11 is 0. The second-order valence-electron chi connectivity index (χ2n) is 8.34. The molecular weight excluding hydrogens is 462 g/mol. The van der Waals surface area contributed by atoms with Crippen LogP contribution in [0.4, 0.5) is 0 Å². The van der Waals surface area contributed by atoms with Crippen LogP contribution >= 0.6 is 0 Å². The van der Waals surface area contributed by atoms with Gasteiger partial charge in [0.1, 0.15) is 6.10 Å². The van der Waals surface area contributed by atoms with Gasteiger partial charge in [-0.3, -0.25) is 4.79 Å². The summed E-state index contributed by atoms with van der Waals surface area (Å²) in [7, 11) is 0. The molecule has 1 heterocycles. The first-order valence-electron chi connectivity index (χ1n) is 12.1. The van der Waals surface area contributed by atoms with E-state index in [0.29, 0.717) is 37.7 Å². The minimum absolute atomic E-state index is 0.0382. The van der Waals surface area contributed by atoms with Crippen molar-refractivity contribution in [2.45, 2.75) is 32.3 Å². The lowest BCUT2D eigenvalue weighted by Gasteiger charge is -2.32. The first kappa shape index (κ1) is 28.7. The molecule has 1 fully saturated rings. The molecule has 1 aliphatic rings. The van der Waals surface area contributed by atoms with Crippen molar-refractivity contribution in [2.24, 2.45) is 5.92 Å². The Bertz CT molecular complexity index is 899. The molecule has 1 aliphatic heterocycles. The summed E-state index contributed by atoms with van der Waals surface area (Å²) in [6.45, 7) is 5.99. The van der Waals surface area contributed by atoms with Crippen molar-refractivity contribution < 1.29 is 34.1 Å². The third-order valence-corrected chi connectivity index (χ3v) is 5.72. The van der Waals surface area contributed by atoms with Gasteiger partial charge < -0.3 is 34.2 Å². The van der Waals surface area contributed by atoms with Crippen LogP contribution in [-0.2, 0) is 23.9 Å². The summed E-state index contributed by atoms with van der Waals surface area (Å²) in [6, 6.07) is 20.8. The summed E-state index contributed by atoms with van der Waals surface area (Å²) in [5.74, 6) is -2.70. The first-order chi connectivity index (χ1) is 17.4. The van der Waals surface area contributed by atoms with Crippen LogP contribution in [0.2, 0.25) is 0 Å². The van der Waals surface area contributed by atoms with Gasteiger partial charge in [-0.05, 0) is 62.1 Å². The van der Waals surface area contributed by atoms with Crippen molar-refractivity contribution in [1.29, 1.82) is 0 Å². The predicted octanol–water partition coefficient (Wildman–Crippen LogP) is 1.50. The molecule has 8 heteroatoms. The van der Waals surface area contributed by atoms with E-state index in [1.807, 2.05) is 19.1 Å². The average Bonchev–Trinajstić information content (AvgIpc) is 2.88. The van der Waals surface area contributed by atoms with Crippen LogP contribution in [0.25, 0.3) is 0 Å². The molecular formula is C28H33NO7-2. The molecule has 2 aromatic rings. The Morgan fingerprint density at radius 1 is 0.917 bits per heavy atom. The SMILES string of the molecule is CCOC(=O)CC1CCN(CCOC(c2ccccc2)c2ccccc2)CC1.O=C([O-])C=CC(=O)[O-]. The second kappa shape index (κ2) is 16.2. The molecule has 3 rings (SSSR count). The molecule has 0 aromatic heterocycles. The third kappa shape index (κ3) is 11.3. The molecule has 1 saturated heterocycles. The number of aliphatic carboxylic acids is 2. The fourth-order valence-electron chi connectivity index (χ4n) is 3.95. The van der Waals surface area contributed by atoms with Crippen LogP contribution in [0.15, 0.2) is 72.8 Å². The standard InChI is InChI=1S/C24H31NO3.C4H4O4/c1-2-27-23(26)19-20-13-15-25(16-14-20)17-18-28-24(21-9-5-3-6-10-21)22-11-7-4-8-12-22;5-3(6)1-2-4(7)8/h3-12,20,24H,2,13-19H2,1H3;1-2H,(H,5,6)(H,7,8)/p-2. The highest BCUT2D eigenvalue weighted by atomic mass is 16.5. The maximum absolute atomic E-state index is 11.7. The van der Waals surface area contributed by atoms with Gasteiger partial charge in [-0.15, -0.1) is 0 Å². The van der Waals surface area contributed by atoms with Crippen molar-refractivity contribution in [2.75, 3.05) is 32.8 Å². The molecule has 194 valence electrons. The van der Waals surface area contributed by atoms with Gasteiger partial charge in [-0.2, -0.15) is 0 Å². The van der Waals surface area contributed by atoms with E-state index in [4.69, 9.17) is 9.47 Å². The summed E-state index contributed by atoms with van der Waals surface area (Å²) in [4.78, 5) is 32.9. The minimum Gasteiger partial charge on any atom is -0.545 e. The van der Waals surface area contributed by atoms with E-state index in [-0.39, 0.29) is 12.1 Å². The number of carbonyl (C=O) groups is 3. The van der Waals surface area contributed by atoms with E-state index in [1.54, 1.807) is 0 Å². The number of likely N-dealkylation sites (tertiary alicyclic amines) is 1. The van der Waals surface area contributed by atoms with Gasteiger partial charge in [0.25, 0.3) is 0 Å². The van der Waals surface area contributed by atoms with Crippen LogP contribution in [-0.4, -0.2) is 55.7 Å². The van der Waals surface area contributed by atoms with Crippen LogP contribution in [0.3, 0.4) is 0 Å². The Morgan fingerprint density at radius 2 is 1.42 bits per heavy atom. The molecule has 36 heavy (non-hydrogen) atoms. The van der Waals surface area contributed by atoms with E-state index in [2.05, 4.69) is 53.4 Å². The van der Waals surface area contributed by atoms with Crippen molar-refractivity contribution >= 4 is 17.9 Å². The number of esters is 1. The highest BCUT2D eigenvalue weighted by Crippen LogP contribution is 2.26. The third-order valence-electron chi connectivity index (χ3n) is 5.72. The summed E-state index contributed by atoms with van der Waals surface area (Å²) < 4.78 is 11.4. The number of hydrogen-bond donors (Lipinski definition) is 0. The largest absolute Gasteiger partial charge is 0.545 e. The smallest absolute Gasteiger partial charge is 0.306 e. The second-order valence-corrected chi connectivity index (χ2v) is 8.34. The fourth-order valence-corrected chi connectivity index (χ4v) is 3.95. The Kier molecular flexibility index (Phi) is 13.0. The molecule has 2 aromatic carbocycles. The van der Waals surface area contributed by atoms with Crippen molar-refractivity contribution in [3.8, 4) is 0 Å². The Morgan fingerprint density at radius 3 is 1.86 bits per heavy atom. The number of carbonyl (C=O) groups excluding carboxylic acids is 3. The van der Waals surface area contributed by atoms with Crippen molar-refractivity contribution in [3.05, 3.63) is 83.9 Å². The van der Waals surface area contributed by atoms with Gasteiger partial charge in [0, 0.05) is 13.0 Å². The molecule has 0 radical (unpaired) electrons. The molecule has 0 amide bonds. The minimum atomic E-state index is -1.55. The number of ether oxygens (including phenoxy) is 2.